The molecule has 1 aromatic rings. The van der Waals surface area contributed by atoms with E-state index in [1.807, 2.05) is 162 Å². The van der Waals surface area contributed by atoms with Crippen molar-refractivity contribution in [2.75, 3.05) is 69.5 Å². The number of nitrogens with zero attached hydrogens (tertiary/aromatic N) is 1. The highest BCUT2D eigenvalue weighted by Crippen LogP contribution is 2.07. The molecule has 562 valence electrons. The summed E-state index contributed by atoms with van der Waals surface area (Å²) in [5.74, 6) is 2.78. The van der Waals surface area contributed by atoms with E-state index < -0.39 is 0 Å². The van der Waals surface area contributed by atoms with Gasteiger partial charge in [0.05, 0.1) is 0 Å². The molecular formula is C61H169N13O14. The molecule has 0 radical (unpaired) electrons. The first-order valence-corrected chi connectivity index (χ1v) is 26.8. The van der Waals surface area contributed by atoms with Crippen LogP contribution < -0.4 is 70.5 Å². The van der Waals surface area contributed by atoms with E-state index in [4.69, 9.17) is 62.6 Å². The van der Waals surface area contributed by atoms with Crippen LogP contribution in [0.4, 0.5) is 0 Å². The van der Waals surface area contributed by atoms with E-state index in [1.54, 1.807) is 20.8 Å². The first-order chi connectivity index (χ1) is 40.7. The van der Waals surface area contributed by atoms with Gasteiger partial charge in [0.1, 0.15) is 81.5 Å². The van der Waals surface area contributed by atoms with Gasteiger partial charge in [-0.3, -0.25) is 4.79 Å². The van der Waals surface area contributed by atoms with E-state index in [-0.39, 0.29) is 36.6 Å². The lowest BCUT2D eigenvalue weighted by molar-refractivity contribution is -0.129. The molecule has 0 spiro atoms. The first-order valence-electron chi connectivity index (χ1n) is 26.8. The SMILES string of the molecule is C=O.C=O.C=O.C=O.C=O.C=O.C=O.C=O.C=O.C=O.C=O.C=O.CC.CC.CC.CC.CC.CC(=O)N1CCCCC1.CC(C)C.CC(C)C.CC(C)O.CCC(C)C.CCc1ccccc1.CN.CN.CN.CN.CN.CN.CN.CN.N.N.N.N. The Labute approximate surface area is 549 Å². The predicted octanol–water partition coefficient (Wildman–Crippen LogP) is 9.19. The van der Waals surface area contributed by atoms with E-state index in [0.717, 1.165) is 37.3 Å². The number of aliphatic hydroxyl groups excluding tert-OH is 1. The Balaban J connectivity index is -0.0000000117. The first kappa shape index (κ1) is 224. The van der Waals surface area contributed by atoms with Gasteiger partial charge < -0.3 is 138 Å². The highest BCUT2D eigenvalue weighted by molar-refractivity contribution is 5.73. The number of hydrogen-bond acceptors (Lipinski definition) is 26. The maximum Gasteiger partial charge on any atom is 0.219 e. The van der Waals surface area contributed by atoms with Crippen molar-refractivity contribution in [3.8, 4) is 0 Å². The Morgan fingerprint density at radius 2 is 0.500 bits per heavy atom. The summed E-state index contributed by atoms with van der Waals surface area (Å²) >= 11 is 0. The molecule has 1 aromatic carbocycles. The number of carbonyl (C=O) groups is 13. The molecule has 2 rings (SSSR count). The van der Waals surface area contributed by atoms with Crippen molar-refractivity contribution in [3.05, 3.63) is 35.9 Å². The maximum absolute atomic E-state index is 10.7. The third-order valence-corrected chi connectivity index (χ3v) is 3.87. The average molecular weight is 1310 g/mol. The van der Waals surface area contributed by atoms with Gasteiger partial charge in [-0.1, -0.05) is 175 Å². The molecule has 0 aliphatic carbocycles. The quantitative estimate of drug-likeness (QED) is 0.131. The van der Waals surface area contributed by atoms with E-state index in [0.29, 0.717) is 0 Å². The lowest BCUT2D eigenvalue weighted by Gasteiger charge is -2.24. The van der Waals surface area contributed by atoms with Gasteiger partial charge >= 0.3 is 0 Å². The number of hydrogen-bond donors (Lipinski definition) is 13. The Morgan fingerprint density at radius 3 is 0.568 bits per heavy atom. The molecule has 29 N–H and O–H groups in total. The molecule has 1 aliphatic heterocycles. The zero-order valence-corrected chi connectivity index (χ0v) is 64.3. The molecule has 0 unspecified atom stereocenters. The highest BCUT2D eigenvalue weighted by Gasteiger charge is 2.11. The van der Waals surface area contributed by atoms with Crippen LogP contribution in [-0.4, -0.2) is 173 Å². The minimum Gasteiger partial charge on any atom is -0.394 e. The number of amides is 1. The number of aryl methyl sites for hydroxylation is 1. The van der Waals surface area contributed by atoms with E-state index in [9.17, 15) is 4.79 Å². The van der Waals surface area contributed by atoms with Gasteiger partial charge in [0.15, 0.2) is 0 Å². The normalized spacial score (nSPS) is 6.07. The standard InChI is InChI=1S/C8H10.C7H13NO.C5H12.2C4H10.C3H8O.5C2H6.8CH5N.12CH2O.4H3N/c1-2-8-6-4-3-5-7-8;1-7(9)8-5-3-2-4-6-8;1-4-5(2)3;2*1-4(2)3;1-3(2)4;25*1-2;;;;/h3-7H,2H2,1H3;2-6H2,1H3;5H,4H2,1-3H3;2*4H,1-3H3;3-4H,1-2H3;5*1-2H3;8*2H2,1H3;12*1H2;4*1H3. The molecule has 1 fully saturated rings. The Kier molecular flexibility index (Phi) is 1800. The molecule has 0 atom stereocenters. The predicted molar refractivity (Wildman–Crippen MR) is 399 cm³/mol. The van der Waals surface area contributed by atoms with Crippen LogP contribution in [0, 0.1) is 17.8 Å². The molecule has 1 saturated heterocycles. The fourth-order valence-corrected chi connectivity index (χ4v) is 1.92. The number of carbonyl (C=O) groups excluding carboxylic acids is 13. The molecule has 1 aliphatic rings. The molecule has 0 aromatic heterocycles. The molecule has 27 nitrogen and oxygen atoms in total. The van der Waals surface area contributed by atoms with Crippen molar-refractivity contribution in [3.63, 3.8) is 0 Å². The number of nitrogens with two attached hydrogens (primary N) is 8. The Bertz CT molecular complexity index is 684. The molecule has 0 bridgehead atoms. The van der Waals surface area contributed by atoms with Crippen molar-refractivity contribution in [2.45, 2.75) is 197 Å². The zero-order chi connectivity index (χ0) is 77.5. The number of likely N-dealkylation sites (tertiary alicyclic amines) is 1. The zero-order valence-electron chi connectivity index (χ0n) is 64.3. The summed E-state index contributed by atoms with van der Waals surface area (Å²) in [4.78, 5) is 109. The lowest BCUT2D eigenvalue weighted by atomic mass is 10.1. The van der Waals surface area contributed by atoms with Crippen LogP contribution in [0.15, 0.2) is 30.3 Å². The average Bonchev–Trinajstić information content (AvgIpc) is 3.62. The van der Waals surface area contributed by atoms with Crippen LogP contribution in [0.2, 0.25) is 0 Å². The second kappa shape index (κ2) is 706. The van der Waals surface area contributed by atoms with Gasteiger partial charge in [-0.25, -0.2) is 0 Å². The molecule has 88 heavy (non-hydrogen) atoms. The van der Waals surface area contributed by atoms with Crippen LogP contribution in [-0.2, 0) is 68.7 Å². The van der Waals surface area contributed by atoms with Crippen LogP contribution in [0.5, 0.6) is 0 Å². The maximum atomic E-state index is 10.7. The van der Waals surface area contributed by atoms with Gasteiger partial charge in [0.25, 0.3) is 0 Å². The molecule has 1 heterocycles. The Hall–Kier alpha value is -5.79. The number of piperidine rings is 1. The van der Waals surface area contributed by atoms with Crippen molar-refractivity contribution in [1.82, 2.24) is 29.5 Å². The monoisotopic (exact) mass is 1310 g/mol. The van der Waals surface area contributed by atoms with Crippen molar-refractivity contribution in [2.24, 2.45) is 63.6 Å². The molecule has 27 heteroatoms. The summed E-state index contributed by atoms with van der Waals surface area (Å²) in [6.07, 6.45) is 5.96. The minimum absolute atomic E-state index is 0. The summed E-state index contributed by atoms with van der Waals surface area (Å²) in [5, 5.41) is 8.06. The topological polar surface area (TPSA) is 594 Å². The third-order valence-electron chi connectivity index (χ3n) is 3.87. The van der Waals surface area contributed by atoms with Crippen LogP contribution in [0.1, 0.15) is 190 Å². The lowest BCUT2D eigenvalue weighted by Crippen LogP contribution is -2.33. The van der Waals surface area contributed by atoms with Gasteiger partial charge in [-0.15, -0.1) is 0 Å². The fraction of sp³-hybridized carbons (Fsp3) is 0.689. The number of rotatable bonds is 2. The van der Waals surface area contributed by atoms with Crippen LogP contribution in [0.3, 0.4) is 0 Å². The van der Waals surface area contributed by atoms with Crippen LogP contribution >= 0.6 is 0 Å². The van der Waals surface area contributed by atoms with Gasteiger partial charge in [-0.05, 0) is 119 Å². The summed E-state index contributed by atoms with van der Waals surface area (Å²) in [5.41, 5.74) is 37.4. The summed E-state index contributed by atoms with van der Waals surface area (Å²) in [7, 11) is 12.0. The number of benzene rings is 1. The Morgan fingerprint density at radius 1 is 0.375 bits per heavy atom. The van der Waals surface area contributed by atoms with E-state index in [2.05, 4.69) is 139 Å². The van der Waals surface area contributed by atoms with Crippen molar-refractivity contribution < 1.29 is 67.4 Å². The van der Waals surface area contributed by atoms with Crippen LogP contribution in [0.25, 0.3) is 0 Å². The summed E-state index contributed by atoms with van der Waals surface area (Å²) < 4.78 is 0. The summed E-state index contributed by atoms with van der Waals surface area (Å²) in [6.45, 7) is 72.9. The van der Waals surface area contributed by atoms with Gasteiger partial charge in [0.2, 0.25) is 5.91 Å². The van der Waals surface area contributed by atoms with Crippen molar-refractivity contribution >= 4 is 87.4 Å². The third kappa shape index (κ3) is 1520. The second-order valence-corrected chi connectivity index (χ2v) is 10.8. The fourth-order valence-electron chi connectivity index (χ4n) is 1.92. The summed E-state index contributed by atoms with van der Waals surface area (Å²) in [6, 6.07) is 10.5. The number of aliphatic hydroxyl groups is 1. The largest absolute Gasteiger partial charge is 0.394 e. The van der Waals surface area contributed by atoms with Gasteiger partial charge in [-0.2, -0.15) is 0 Å². The molecule has 1 amide bonds. The van der Waals surface area contributed by atoms with Crippen molar-refractivity contribution in [1.29, 1.82) is 0 Å². The van der Waals surface area contributed by atoms with Gasteiger partial charge in [0, 0.05) is 26.1 Å². The smallest absolute Gasteiger partial charge is 0.219 e. The minimum atomic E-state index is -0.167. The molecular weight excluding hydrogens is 1140 g/mol. The molecule has 0 saturated carbocycles. The second-order valence-electron chi connectivity index (χ2n) is 10.8. The highest BCUT2D eigenvalue weighted by atomic mass is 16.3. The van der Waals surface area contributed by atoms with E-state index >= 15 is 0 Å². The van der Waals surface area contributed by atoms with E-state index in [1.165, 1.54) is 87.6 Å².